The van der Waals surface area contributed by atoms with Gasteiger partial charge in [-0.3, -0.25) is 9.63 Å². The van der Waals surface area contributed by atoms with Crippen LogP contribution in [0.2, 0.25) is 0 Å². The van der Waals surface area contributed by atoms with Crippen molar-refractivity contribution < 1.29 is 9.63 Å². The molecule has 1 fully saturated rings. The van der Waals surface area contributed by atoms with Crippen LogP contribution in [0.5, 0.6) is 0 Å². The fraction of sp³-hybridized carbons (Fsp3) is 0.471. The van der Waals surface area contributed by atoms with Crippen molar-refractivity contribution in [3.63, 3.8) is 0 Å². The monoisotopic (exact) mass is 273 g/mol. The average molecular weight is 273 g/mol. The van der Waals surface area contributed by atoms with Crippen LogP contribution in [-0.2, 0) is 16.2 Å². The van der Waals surface area contributed by atoms with Crippen molar-refractivity contribution in [1.29, 1.82) is 0 Å². The standard InChI is InChI=1S/C17H23NO2/c1-12(2)10-14-15(17(14,3)4)16(19)18-20-11-13-8-6-5-7-9-13/h5-10,14-15H,11H2,1-4H3,(H,18,19). The summed E-state index contributed by atoms with van der Waals surface area (Å²) in [6.07, 6.45) is 2.18. The van der Waals surface area contributed by atoms with Crippen LogP contribution < -0.4 is 5.48 Å². The highest BCUT2D eigenvalue weighted by atomic mass is 16.6. The molecule has 1 aliphatic carbocycles. The molecule has 0 bridgehead atoms. The van der Waals surface area contributed by atoms with E-state index in [-0.39, 0.29) is 17.2 Å². The Bertz CT molecular complexity index is 501. The molecule has 1 aliphatic rings. The van der Waals surface area contributed by atoms with Crippen LogP contribution in [0, 0.1) is 17.3 Å². The molecule has 3 nitrogen and oxygen atoms in total. The Balaban J connectivity index is 1.83. The first-order valence-corrected chi connectivity index (χ1v) is 7.03. The first-order valence-electron chi connectivity index (χ1n) is 7.03. The summed E-state index contributed by atoms with van der Waals surface area (Å²) in [6, 6.07) is 9.81. The Kier molecular flexibility index (Phi) is 4.29. The molecule has 1 amide bonds. The second-order valence-electron chi connectivity index (χ2n) is 6.31. The van der Waals surface area contributed by atoms with Gasteiger partial charge in [-0.2, -0.15) is 0 Å². The topological polar surface area (TPSA) is 38.3 Å². The van der Waals surface area contributed by atoms with Crippen LogP contribution in [-0.4, -0.2) is 5.91 Å². The highest BCUT2D eigenvalue weighted by Crippen LogP contribution is 2.59. The molecule has 0 aliphatic heterocycles. The van der Waals surface area contributed by atoms with Gasteiger partial charge in [-0.05, 0) is 30.7 Å². The van der Waals surface area contributed by atoms with E-state index in [9.17, 15) is 4.79 Å². The Morgan fingerprint density at radius 1 is 1.30 bits per heavy atom. The van der Waals surface area contributed by atoms with E-state index in [1.807, 2.05) is 30.3 Å². The molecule has 1 N–H and O–H groups in total. The van der Waals surface area contributed by atoms with E-state index < -0.39 is 0 Å². The maximum absolute atomic E-state index is 12.1. The number of hydroxylamine groups is 1. The van der Waals surface area contributed by atoms with E-state index in [0.717, 1.165) is 5.56 Å². The van der Waals surface area contributed by atoms with Crippen LogP contribution in [0.3, 0.4) is 0 Å². The predicted octanol–water partition coefficient (Wildman–Crippen LogP) is 3.47. The molecule has 108 valence electrons. The molecule has 2 rings (SSSR count). The predicted molar refractivity (Wildman–Crippen MR) is 79.6 cm³/mol. The summed E-state index contributed by atoms with van der Waals surface area (Å²) in [6.45, 7) is 8.77. The minimum Gasteiger partial charge on any atom is -0.272 e. The van der Waals surface area contributed by atoms with Crippen LogP contribution in [0.15, 0.2) is 42.0 Å². The van der Waals surface area contributed by atoms with Gasteiger partial charge < -0.3 is 0 Å². The SMILES string of the molecule is CC(C)=CC1C(C(=O)NOCc2ccccc2)C1(C)C. The minimum atomic E-state index is -0.0200. The van der Waals surface area contributed by atoms with Gasteiger partial charge in [0.2, 0.25) is 5.91 Å². The van der Waals surface area contributed by atoms with E-state index in [4.69, 9.17) is 4.84 Å². The molecule has 3 heteroatoms. The Morgan fingerprint density at radius 2 is 1.95 bits per heavy atom. The van der Waals surface area contributed by atoms with E-state index >= 15 is 0 Å². The molecule has 1 aromatic carbocycles. The van der Waals surface area contributed by atoms with Gasteiger partial charge >= 0.3 is 0 Å². The van der Waals surface area contributed by atoms with Gasteiger partial charge in [0.1, 0.15) is 0 Å². The summed E-state index contributed by atoms with van der Waals surface area (Å²) >= 11 is 0. The van der Waals surface area contributed by atoms with Crippen LogP contribution in [0.1, 0.15) is 33.3 Å². The minimum absolute atomic E-state index is 0.00757. The second-order valence-corrected chi connectivity index (χ2v) is 6.31. The molecule has 1 aromatic rings. The lowest BCUT2D eigenvalue weighted by Gasteiger charge is -2.06. The highest BCUT2D eigenvalue weighted by molar-refractivity contribution is 5.82. The zero-order chi connectivity index (χ0) is 14.8. The first-order chi connectivity index (χ1) is 9.43. The van der Waals surface area contributed by atoms with Crippen molar-refractivity contribution in [2.24, 2.45) is 17.3 Å². The van der Waals surface area contributed by atoms with Crippen molar-refractivity contribution >= 4 is 5.91 Å². The van der Waals surface area contributed by atoms with Crippen molar-refractivity contribution in [2.75, 3.05) is 0 Å². The van der Waals surface area contributed by atoms with Crippen LogP contribution in [0.25, 0.3) is 0 Å². The summed E-state index contributed by atoms with van der Waals surface area (Å²) < 4.78 is 0. The van der Waals surface area contributed by atoms with Gasteiger partial charge in [0.05, 0.1) is 12.5 Å². The molecular weight excluding hydrogens is 250 g/mol. The molecule has 0 radical (unpaired) electrons. The quantitative estimate of drug-likeness (QED) is 0.659. The number of carbonyl (C=O) groups excluding carboxylic acids is 1. The van der Waals surface area contributed by atoms with Gasteiger partial charge in [-0.25, -0.2) is 5.48 Å². The van der Waals surface area contributed by atoms with E-state index in [1.165, 1.54) is 5.57 Å². The van der Waals surface area contributed by atoms with E-state index in [2.05, 4.69) is 39.3 Å². The number of hydrogen-bond donors (Lipinski definition) is 1. The zero-order valence-corrected chi connectivity index (χ0v) is 12.6. The summed E-state index contributed by atoms with van der Waals surface area (Å²) in [4.78, 5) is 17.4. The average Bonchev–Trinajstić information content (AvgIpc) is 2.91. The molecule has 2 unspecified atom stereocenters. The number of nitrogens with one attached hydrogen (secondary N) is 1. The fourth-order valence-electron chi connectivity index (χ4n) is 2.68. The lowest BCUT2D eigenvalue weighted by Crippen LogP contribution is -2.27. The van der Waals surface area contributed by atoms with E-state index in [1.54, 1.807) is 0 Å². The third-order valence-corrected chi connectivity index (χ3v) is 3.96. The second kappa shape index (κ2) is 5.80. The van der Waals surface area contributed by atoms with Gasteiger partial charge in [0.25, 0.3) is 0 Å². The highest BCUT2D eigenvalue weighted by Gasteiger charge is 2.60. The van der Waals surface area contributed by atoms with Gasteiger partial charge in [-0.15, -0.1) is 0 Å². The van der Waals surface area contributed by atoms with Gasteiger partial charge in [0.15, 0.2) is 0 Å². The summed E-state index contributed by atoms with van der Waals surface area (Å²) in [5.41, 5.74) is 4.91. The summed E-state index contributed by atoms with van der Waals surface area (Å²) in [5.74, 6) is 0.300. The Hall–Kier alpha value is -1.61. The van der Waals surface area contributed by atoms with Gasteiger partial charge in [-0.1, -0.05) is 55.8 Å². The maximum atomic E-state index is 12.1. The normalized spacial score (nSPS) is 23.0. The van der Waals surface area contributed by atoms with Crippen LogP contribution >= 0.6 is 0 Å². The Labute approximate surface area is 121 Å². The number of benzene rings is 1. The maximum Gasteiger partial charge on any atom is 0.247 e. The number of carbonyl (C=O) groups is 1. The third-order valence-electron chi connectivity index (χ3n) is 3.96. The molecule has 1 saturated carbocycles. The summed E-state index contributed by atoms with van der Waals surface area (Å²) in [7, 11) is 0. The lowest BCUT2D eigenvalue weighted by molar-refractivity contribution is -0.136. The zero-order valence-electron chi connectivity index (χ0n) is 12.6. The summed E-state index contributed by atoms with van der Waals surface area (Å²) in [5, 5.41) is 0. The molecule has 2 atom stereocenters. The smallest absolute Gasteiger partial charge is 0.247 e. The number of amides is 1. The van der Waals surface area contributed by atoms with Crippen molar-refractivity contribution in [3.8, 4) is 0 Å². The fourth-order valence-corrected chi connectivity index (χ4v) is 2.68. The molecule has 0 spiro atoms. The molecule has 0 heterocycles. The number of allylic oxidation sites excluding steroid dienone is 2. The van der Waals surface area contributed by atoms with Crippen LogP contribution in [0.4, 0.5) is 0 Å². The van der Waals surface area contributed by atoms with Crippen molar-refractivity contribution in [3.05, 3.63) is 47.5 Å². The van der Waals surface area contributed by atoms with Crippen molar-refractivity contribution in [2.45, 2.75) is 34.3 Å². The largest absolute Gasteiger partial charge is 0.272 e. The first kappa shape index (κ1) is 14.8. The lowest BCUT2D eigenvalue weighted by atomic mass is 10.1. The number of rotatable bonds is 5. The molecule has 0 aromatic heterocycles. The molecule has 20 heavy (non-hydrogen) atoms. The Morgan fingerprint density at radius 3 is 2.55 bits per heavy atom. The molecule has 0 saturated heterocycles. The molecular formula is C17H23NO2. The number of hydrogen-bond acceptors (Lipinski definition) is 2. The third kappa shape index (κ3) is 3.28. The van der Waals surface area contributed by atoms with Crippen molar-refractivity contribution in [1.82, 2.24) is 5.48 Å². The van der Waals surface area contributed by atoms with Gasteiger partial charge in [0, 0.05) is 0 Å². The van der Waals surface area contributed by atoms with E-state index in [0.29, 0.717) is 12.5 Å².